The van der Waals surface area contributed by atoms with Gasteiger partial charge in [0.05, 0.1) is 0 Å². The van der Waals surface area contributed by atoms with Gasteiger partial charge in [0.25, 0.3) is 11.8 Å². The van der Waals surface area contributed by atoms with Crippen LogP contribution in [0.15, 0.2) is 42.5 Å². The van der Waals surface area contributed by atoms with E-state index in [0.717, 1.165) is 5.56 Å². The number of esters is 1. The summed E-state index contributed by atoms with van der Waals surface area (Å²) < 4.78 is 10.2. The number of hydrogen-bond donors (Lipinski definition) is 2. The van der Waals surface area contributed by atoms with E-state index in [0.29, 0.717) is 22.0 Å². The summed E-state index contributed by atoms with van der Waals surface area (Å²) in [7, 11) is 1.51. The van der Waals surface area contributed by atoms with Crippen molar-refractivity contribution in [1.82, 2.24) is 5.32 Å². The van der Waals surface area contributed by atoms with Crippen molar-refractivity contribution in [3.63, 3.8) is 0 Å². The van der Waals surface area contributed by atoms with Crippen LogP contribution in [0.5, 0.6) is 5.75 Å². The molecule has 7 nitrogen and oxygen atoms in total. The van der Waals surface area contributed by atoms with E-state index in [-0.39, 0.29) is 12.5 Å². The Morgan fingerprint density at radius 1 is 1.07 bits per heavy atom. The van der Waals surface area contributed by atoms with Crippen LogP contribution in [0.2, 0.25) is 5.02 Å². The lowest BCUT2D eigenvalue weighted by atomic mass is 10.2. The van der Waals surface area contributed by atoms with Gasteiger partial charge in [0.2, 0.25) is 0 Å². The number of amides is 2. The fraction of sp³-hybridized carbons (Fsp3) is 0.211. The van der Waals surface area contributed by atoms with Gasteiger partial charge in [-0.15, -0.1) is 0 Å². The van der Waals surface area contributed by atoms with Gasteiger partial charge >= 0.3 is 5.97 Å². The molecule has 2 aromatic carbocycles. The van der Waals surface area contributed by atoms with Crippen LogP contribution in [0.3, 0.4) is 0 Å². The minimum Gasteiger partial charge on any atom is -0.482 e. The Balaban J connectivity index is 1.78. The van der Waals surface area contributed by atoms with Crippen molar-refractivity contribution in [2.24, 2.45) is 0 Å². The van der Waals surface area contributed by atoms with E-state index in [1.54, 1.807) is 36.4 Å². The van der Waals surface area contributed by atoms with Gasteiger partial charge in [-0.2, -0.15) is 0 Å². The number of halogens is 1. The van der Waals surface area contributed by atoms with E-state index in [1.165, 1.54) is 13.1 Å². The quantitative estimate of drug-likeness (QED) is 0.709. The number of nitrogens with one attached hydrogen (secondary N) is 2. The van der Waals surface area contributed by atoms with E-state index in [1.807, 2.05) is 6.92 Å². The summed E-state index contributed by atoms with van der Waals surface area (Å²) in [5, 5.41) is 5.65. The first-order chi connectivity index (χ1) is 12.9. The third kappa shape index (κ3) is 6.31. The van der Waals surface area contributed by atoms with Crippen molar-refractivity contribution < 1.29 is 23.9 Å². The third-order valence-electron chi connectivity index (χ3n) is 3.49. The lowest BCUT2D eigenvalue weighted by Gasteiger charge is -2.09. The minimum absolute atomic E-state index is 0.271. The molecule has 2 aromatic rings. The van der Waals surface area contributed by atoms with Crippen LogP contribution in [0, 0.1) is 6.92 Å². The van der Waals surface area contributed by atoms with E-state index in [9.17, 15) is 14.4 Å². The summed E-state index contributed by atoms with van der Waals surface area (Å²) in [5.41, 5.74) is 1.64. The fourth-order valence-corrected chi connectivity index (χ4v) is 2.23. The molecule has 0 unspecified atom stereocenters. The lowest BCUT2D eigenvalue weighted by Crippen LogP contribution is -2.24. The second-order valence-corrected chi connectivity index (χ2v) is 5.98. The van der Waals surface area contributed by atoms with Crippen molar-refractivity contribution in [2.45, 2.75) is 6.92 Å². The molecule has 0 fully saturated rings. The Bertz CT molecular complexity index is 854. The molecule has 8 heteroatoms. The van der Waals surface area contributed by atoms with E-state index in [2.05, 4.69) is 10.6 Å². The summed E-state index contributed by atoms with van der Waals surface area (Å²) >= 11 is 5.92. The van der Waals surface area contributed by atoms with Crippen molar-refractivity contribution in [3.05, 3.63) is 58.6 Å². The molecule has 0 aliphatic rings. The normalized spacial score (nSPS) is 10.0. The second kappa shape index (κ2) is 9.59. The predicted octanol–water partition coefficient (Wildman–Crippen LogP) is 2.57. The highest BCUT2D eigenvalue weighted by molar-refractivity contribution is 6.31. The van der Waals surface area contributed by atoms with Gasteiger partial charge < -0.3 is 20.1 Å². The van der Waals surface area contributed by atoms with Crippen molar-refractivity contribution in [2.75, 3.05) is 25.6 Å². The molecule has 2 amide bonds. The van der Waals surface area contributed by atoms with Gasteiger partial charge in [-0.1, -0.05) is 17.7 Å². The van der Waals surface area contributed by atoms with Crippen LogP contribution >= 0.6 is 11.6 Å². The largest absolute Gasteiger partial charge is 0.482 e. The van der Waals surface area contributed by atoms with Crippen LogP contribution in [-0.4, -0.2) is 38.0 Å². The molecule has 0 aliphatic heterocycles. The van der Waals surface area contributed by atoms with Gasteiger partial charge in [0.15, 0.2) is 13.2 Å². The summed E-state index contributed by atoms with van der Waals surface area (Å²) in [5.74, 6) is -1.01. The Labute approximate surface area is 161 Å². The Morgan fingerprint density at radius 3 is 2.56 bits per heavy atom. The number of hydrogen-bond acceptors (Lipinski definition) is 5. The smallest absolute Gasteiger partial charge is 0.344 e. The maximum absolute atomic E-state index is 11.9. The molecular weight excluding hydrogens is 372 g/mol. The average molecular weight is 391 g/mol. The Morgan fingerprint density at radius 2 is 1.85 bits per heavy atom. The van der Waals surface area contributed by atoms with Crippen molar-refractivity contribution >= 4 is 35.1 Å². The molecule has 0 bridgehead atoms. The Kier molecular flexibility index (Phi) is 7.19. The predicted molar refractivity (Wildman–Crippen MR) is 101 cm³/mol. The number of anilines is 1. The minimum atomic E-state index is -0.683. The number of benzene rings is 2. The van der Waals surface area contributed by atoms with Crippen LogP contribution in [0.4, 0.5) is 5.69 Å². The summed E-state index contributed by atoms with van der Waals surface area (Å²) in [6.07, 6.45) is 0. The lowest BCUT2D eigenvalue weighted by molar-refractivity contribution is -0.149. The van der Waals surface area contributed by atoms with Crippen LogP contribution < -0.4 is 15.4 Å². The van der Waals surface area contributed by atoms with Crippen LogP contribution in [-0.2, 0) is 14.3 Å². The SMILES string of the molecule is CNC(=O)c1cccc(NC(=O)COC(=O)COc2ccc(Cl)c(C)c2)c1. The highest BCUT2D eigenvalue weighted by atomic mass is 35.5. The molecule has 0 saturated heterocycles. The number of carbonyl (C=O) groups is 3. The monoisotopic (exact) mass is 390 g/mol. The molecule has 0 aliphatic carbocycles. The third-order valence-corrected chi connectivity index (χ3v) is 3.91. The van der Waals surface area contributed by atoms with Gasteiger partial charge in [-0.25, -0.2) is 4.79 Å². The molecule has 2 rings (SSSR count). The first-order valence-electron chi connectivity index (χ1n) is 8.05. The summed E-state index contributed by atoms with van der Waals surface area (Å²) in [4.78, 5) is 35.2. The summed E-state index contributed by atoms with van der Waals surface area (Å²) in [6, 6.07) is 11.4. The van der Waals surface area contributed by atoms with E-state index in [4.69, 9.17) is 21.1 Å². The zero-order chi connectivity index (χ0) is 19.8. The summed E-state index contributed by atoms with van der Waals surface area (Å²) in [6.45, 7) is 1.02. The molecule has 0 aromatic heterocycles. The van der Waals surface area contributed by atoms with E-state index < -0.39 is 18.5 Å². The standard InChI is InChI=1S/C19H19ClN2O5/c1-12-8-15(6-7-16(12)20)26-11-18(24)27-10-17(23)22-14-5-3-4-13(9-14)19(25)21-2/h3-9H,10-11H2,1-2H3,(H,21,25)(H,22,23). The van der Waals surface area contributed by atoms with Gasteiger partial charge in [0, 0.05) is 23.3 Å². The molecule has 0 spiro atoms. The molecule has 142 valence electrons. The number of rotatable bonds is 7. The topological polar surface area (TPSA) is 93.7 Å². The maximum Gasteiger partial charge on any atom is 0.344 e. The molecular formula is C19H19ClN2O5. The highest BCUT2D eigenvalue weighted by Gasteiger charge is 2.10. The van der Waals surface area contributed by atoms with Crippen LogP contribution in [0.1, 0.15) is 15.9 Å². The maximum atomic E-state index is 11.9. The number of aryl methyl sites for hydroxylation is 1. The molecule has 0 heterocycles. The first kappa shape index (κ1) is 20.3. The second-order valence-electron chi connectivity index (χ2n) is 5.57. The first-order valence-corrected chi connectivity index (χ1v) is 8.43. The van der Waals surface area contributed by atoms with Crippen molar-refractivity contribution in [1.29, 1.82) is 0 Å². The highest BCUT2D eigenvalue weighted by Crippen LogP contribution is 2.20. The number of carbonyl (C=O) groups excluding carboxylic acids is 3. The van der Waals surface area contributed by atoms with Crippen molar-refractivity contribution in [3.8, 4) is 5.75 Å². The molecule has 0 saturated carbocycles. The van der Waals surface area contributed by atoms with Crippen LogP contribution in [0.25, 0.3) is 0 Å². The van der Waals surface area contributed by atoms with Gasteiger partial charge in [-0.05, 0) is 48.9 Å². The zero-order valence-electron chi connectivity index (χ0n) is 14.9. The Hall–Kier alpha value is -3.06. The van der Waals surface area contributed by atoms with E-state index >= 15 is 0 Å². The molecule has 2 N–H and O–H groups in total. The fourth-order valence-electron chi connectivity index (χ4n) is 2.12. The molecule has 0 radical (unpaired) electrons. The molecule has 0 atom stereocenters. The van der Waals surface area contributed by atoms with Gasteiger partial charge in [-0.3, -0.25) is 9.59 Å². The molecule has 27 heavy (non-hydrogen) atoms. The average Bonchev–Trinajstić information content (AvgIpc) is 2.66. The van der Waals surface area contributed by atoms with Gasteiger partial charge in [0.1, 0.15) is 5.75 Å². The zero-order valence-corrected chi connectivity index (χ0v) is 15.6. The number of ether oxygens (including phenoxy) is 2.